The number of benzene rings is 2. The number of anilines is 1. The number of halogens is 1. The molecule has 0 amide bonds. The summed E-state index contributed by atoms with van der Waals surface area (Å²) < 4.78 is 12.3. The molecule has 0 atom stereocenters. The van der Waals surface area contributed by atoms with E-state index in [1.807, 2.05) is 42.5 Å². The van der Waals surface area contributed by atoms with E-state index in [0.29, 0.717) is 40.7 Å². The summed E-state index contributed by atoms with van der Waals surface area (Å²) in [6, 6.07) is 13.5. The summed E-state index contributed by atoms with van der Waals surface area (Å²) >= 11 is 11.5. The van der Waals surface area contributed by atoms with Gasteiger partial charge in [-0.2, -0.15) is 0 Å². The highest BCUT2D eigenvalue weighted by Crippen LogP contribution is 2.27. The second-order valence-electron chi connectivity index (χ2n) is 6.18. The first-order valence-electron chi connectivity index (χ1n) is 8.97. The van der Waals surface area contributed by atoms with Gasteiger partial charge in [-0.25, -0.2) is 9.67 Å². The fourth-order valence-electron chi connectivity index (χ4n) is 2.73. The smallest absolute Gasteiger partial charge is 0.248 e. The van der Waals surface area contributed by atoms with Crippen LogP contribution in [0.2, 0.25) is 5.02 Å². The Morgan fingerprint density at radius 1 is 1.14 bits per heavy atom. The maximum absolute atomic E-state index is 6.19. The molecule has 0 fully saturated rings. The molecule has 1 aromatic heterocycles. The van der Waals surface area contributed by atoms with Crippen LogP contribution in [-0.2, 0) is 13.0 Å². The summed E-state index contributed by atoms with van der Waals surface area (Å²) in [5.41, 5.74) is 2.08. The number of hydrogen-bond donors (Lipinski definition) is 2. The third-order valence-corrected chi connectivity index (χ3v) is 4.81. The molecule has 0 aliphatic heterocycles. The minimum absolute atomic E-state index is 0.431. The second-order valence-corrected chi connectivity index (χ2v) is 6.99. The van der Waals surface area contributed by atoms with Crippen molar-refractivity contribution < 1.29 is 9.47 Å². The van der Waals surface area contributed by atoms with Gasteiger partial charge in [-0.3, -0.25) is 5.32 Å². The van der Waals surface area contributed by atoms with Gasteiger partial charge in [0.1, 0.15) is 6.33 Å². The highest BCUT2D eigenvalue weighted by Gasteiger charge is 2.07. The lowest BCUT2D eigenvalue weighted by Gasteiger charge is -2.11. The number of nitrogens with one attached hydrogen (secondary N) is 2. The van der Waals surface area contributed by atoms with Crippen LogP contribution in [0.4, 0.5) is 5.95 Å². The Labute approximate surface area is 180 Å². The Hall–Kier alpha value is -2.84. The van der Waals surface area contributed by atoms with E-state index in [2.05, 4.69) is 20.7 Å². The Kier molecular flexibility index (Phi) is 7.26. The van der Waals surface area contributed by atoms with Crippen molar-refractivity contribution in [3.05, 3.63) is 64.9 Å². The van der Waals surface area contributed by atoms with Crippen LogP contribution in [0, 0.1) is 0 Å². The molecule has 0 aliphatic carbocycles. The van der Waals surface area contributed by atoms with E-state index >= 15 is 0 Å². The number of rotatable bonds is 8. The SMILES string of the molecule is COc1ccc(CCNC(=S)Nc2ncn(Cc3ccccc3Cl)n2)cc1OC. The van der Waals surface area contributed by atoms with E-state index in [1.54, 1.807) is 25.2 Å². The topological polar surface area (TPSA) is 73.2 Å². The van der Waals surface area contributed by atoms with Crippen molar-refractivity contribution in [3.63, 3.8) is 0 Å². The molecule has 152 valence electrons. The van der Waals surface area contributed by atoms with Crippen molar-refractivity contribution in [2.75, 3.05) is 26.1 Å². The van der Waals surface area contributed by atoms with Gasteiger partial charge in [0, 0.05) is 11.6 Å². The number of hydrogen-bond acceptors (Lipinski definition) is 5. The van der Waals surface area contributed by atoms with Crippen molar-refractivity contribution in [1.29, 1.82) is 0 Å². The van der Waals surface area contributed by atoms with Gasteiger partial charge in [0.2, 0.25) is 5.95 Å². The normalized spacial score (nSPS) is 10.4. The van der Waals surface area contributed by atoms with Gasteiger partial charge in [-0.05, 0) is 48.0 Å². The molecule has 3 rings (SSSR count). The Balaban J connectivity index is 1.48. The standard InChI is InChI=1S/C20H22ClN5O2S/c1-27-17-8-7-14(11-18(17)28-2)9-10-22-20(29)24-19-23-13-26(25-19)12-15-5-3-4-6-16(15)21/h3-8,11,13H,9-10,12H2,1-2H3,(H2,22,24,25,29). The summed E-state index contributed by atoms with van der Waals surface area (Å²) in [6.45, 7) is 1.19. The number of nitrogens with zero attached hydrogens (tertiary/aromatic N) is 3. The van der Waals surface area contributed by atoms with Crippen LogP contribution >= 0.6 is 23.8 Å². The Morgan fingerprint density at radius 2 is 1.93 bits per heavy atom. The van der Waals surface area contributed by atoms with E-state index < -0.39 is 0 Å². The van der Waals surface area contributed by atoms with Gasteiger partial charge >= 0.3 is 0 Å². The molecule has 0 bridgehead atoms. The lowest BCUT2D eigenvalue weighted by Crippen LogP contribution is -2.30. The number of aromatic nitrogens is 3. The quantitative estimate of drug-likeness (QED) is 0.528. The van der Waals surface area contributed by atoms with E-state index in [0.717, 1.165) is 17.5 Å². The third-order valence-electron chi connectivity index (χ3n) is 4.20. The number of ether oxygens (including phenoxy) is 2. The average Bonchev–Trinajstić information content (AvgIpc) is 3.16. The molecule has 7 nitrogen and oxygen atoms in total. The minimum atomic E-state index is 0.431. The van der Waals surface area contributed by atoms with Crippen LogP contribution in [0.25, 0.3) is 0 Å². The molecule has 2 N–H and O–H groups in total. The molecular formula is C20H22ClN5O2S. The molecule has 0 unspecified atom stereocenters. The van der Waals surface area contributed by atoms with Crippen LogP contribution in [0.3, 0.4) is 0 Å². The van der Waals surface area contributed by atoms with E-state index in [1.165, 1.54) is 0 Å². The van der Waals surface area contributed by atoms with Crippen LogP contribution in [0.5, 0.6) is 11.5 Å². The third kappa shape index (κ3) is 5.82. The first-order chi connectivity index (χ1) is 14.1. The Bertz CT molecular complexity index is 979. The van der Waals surface area contributed by atoms with E-state index in [9.17, 15) is 0 Å². The van der Waals surface area contributed by atoms with Crippen molar-refractivity contribution in [2.45, 2.75) is 13.0 Å². The molecular weight excluding hydrogens is 410 g/mol. The molecule has 0 aliphatic rings. The van der Waals surface area contributed by atoms with Crippen LogP contribution in [0.15, 0.2) is 48.8 Å². The maximum Gasteiger partial charge on any atom is 0.248 e. The molecule has 0 saturated carbocycles. The van der Waals surface area contributed by atoms with Crippen LogP contribution in [0.1, 0.15) is 11.1 Å². The zero-order valence-corrected chi connectivity index (χ0v) is 17.8. The predicted molar refractivity (Wildman–Crippen MR) is 118 cm³/mol. The molecule has 0 radical (unpaired) electrons. The molecule has 0 spiro atoms. The van der Waals surface area contributed by atoms with Gasteiger partial charge in [-0.15, -0.1) is 5.10 Å². The number of thiocarbonyl (C=S) groups is 1. The van der Waals surface area contributed by atoms with Crippen molar-refractivity contribution >= 4 is 34.9 Å². The zero-order chi connectivity index (χ0) is 20.6. The fraction of sp³-hybridized carbons (Fsp3) is 0.250. The largest absolute Gasteiger partial charge is 0.493 e. The van der Waals surface area contributed by atoms with Crippen LogP contribution < -0.4 is 20.1 Å². The molecule has 2 aromatic carbocycles. The van der Waals surface area contributed by atoms with Gasteiger partial charge in [0.25, 0.3) is 0 Å². The van der Waals surface area contributed by atoms with Crippen molar-refractivity contribution in [2.24, 2.45) is 0 Å². The molecule has 29 heavy (non-hydrogen) atoms. The van der Waals surface area contributed by atoms with E-state index in [-0.39, 0.29) is 0 Å². The summed E-state index contributed by atoms with van der Waals surface area (Å²) in [5.74, 6) is 1.85. The zero-order valence-electron chi connectivity index (χ0n) is 16.2. The summed E-state index contributed by atoms with van der Waals surface area (Å²) in [6.07, 6.45) is 2.41. The first kappa shape index (κ1) is 20.9. The van der Waals surface area contributed by atoms with Crippen molar-refractivity contribution in [3.8, 4) is 11.5 Å². The first-order valence-corrected chi connectivity index (χ1v) is 9.76. The fourth-order valence-corrected chi connectivity index (χ4v) is 3.12. The maximum atomic E-state index is 6.19. The highest BCUT2D eigenvalue weighted by molar-refractivity contribution is 7.80. The summed E-state index contributed by atoms with van der Waals surface area (Å²) in [5, 5.41) is 11.7. The van der Waals surface area contributed by atoms with Gasteiger partial charge in [-0.1, -0.05) is 35.9 Å². The Morgan fingerprint density at radius 3 is 2.69 bits per heavy atom. The predicted octanol–water partition coefficient (Wildman–Crippen LogP) is 3.53. The van der Waals surface area contributed by atoms with Crippen molar-refractivity contribution in [1.82, 2.24) is 20.1 Å². The number of methoxy groups -OCH3 is 2. The van der Waals surface area contributed by atoms with Crippen LogP contribution in [-0.4, -0.2) is 40.6 Å². The molecule has 1 heterocycles. The van der Waals surface area contributed by atoms with Gasteiger partial charge < -0.3 is 14.8 Å². The van der Waals surface area contributed by atoms with Gasteiger partial charge in [0.05, 0.1) is 20.8 Å². The molecule has 0 saturated heterocycles. The molecule has 9 heteroatoms. The average molecular weight is 432 g/mol. The summed E-state index contributed by atoms with van der Waals surface area (Å²) in [7, 11) is 3.24. The lowest BCUT2D eigenvalue weighted by molar-refractivity contribution is 0.354. The van der Waals surface area contributed by atoms with E-state index in [4.69, 9.17) is 33.3 Å². The second kappa shape index (κ2) is 10.1. The monoisotopic (exact) mass is 431 g/mol. The minimum Gasteiger partial charge on any atom is -0.493 e. The molecule has 3 aromatic rings. The van der Waals surface area contributed by atoms with Gasteiger partial charge in [0.15, 0.2) is 16.6 Å². The lowest BCUT2D eigenvalue weighted by atomic mass is 10.1. The highest BCUT2D eigenvalue weighted by atomic mass is 35.5. The summed E-state index contributed by atoms with van der Waals surface area (Å²) in [4.78, 5) is 4.23.